The molecular formula is C6H11BF3K. The van der Waals surface area contributed by atoms with Gasteiger partial charge in [0.15, 0.2) is 0 Å². The summed E-state index contributed by atoms with van der Waals surface area (Å²) in [6.07, 6.45) is 3.29. The van der Waals surface area contributed by atoms with Crippen LogP contribution in [0.5, 0.6) is 0 Å². The van der Waals surface area contributed by atoms with Crippen molar-refractivity contribution in [2.45, 2.75) is 37.9 Å². The van der Waals surface area contributed by atoms with Gasteiger partial charge >= 0.3 is 58.4 Å². The molecule has 0 nitrogen and oxygen atoms in total. The van der Waals surface area contributed by atoms with Crippen molar-refractivity contribution in [1.29, 1.82) is 0 Å². The van der Waals surface area contributed by atoms with Gasteiger partial charge < -0.3 is 12.9 Å². The molecule has 0 aliphatic heterocycles. The Morgan fingerprint density at radius 1 is 0.909 bits per heavy atom. The van der Waals surface area contributed by atoms with Crippen LogP contribution in [0, 0.1) is 0 Å². The van der Waals surface area contributed by atoms with Crippen molar-refractivity contribution >= 4 is 6.98 Å². The molecule has 1 fully saturated rings. The van der Waals surface area contributed by atoms with Gasteiger partial charge in [0.25, 0.3) is 0 Å². The molecule has 0 aromatic rings. The van der Waals surface area contributed by atoms with Crippen molar-refractivity contribution in [2.24, 2.45) is 0 Å². The fourth-order valence-electron chi connectivity index (χ4n) is 1.51. The molecule has 0 saturated heterocycles. The van der Waals surface area contributed by atoms with Gasteiger partial charge in [-0.25, -0.2) is 0 Å². The summed E-state index contributed by atoms with van der Waals surface area (Å²) in [7, 11) is 0. The second-order valence-electron chi connectivity index (χ2n) is 3.02. The van der Waals surface area contributed by atoms with Gasteiger partial charge in [0.1, 0.15) is 0 Å². The topological polar surface area (TPSA) is 0 Å². The van der Waals surface area contributed by atoms with Crippen molar-refractivity contribution in [1.82, 2.24) is 0 Å². The summed E-state index contributed by atoms with van der Waals surface area (Å²) in [4.78, 5) is 0. The standard InChI is InChI=1S/C6H11BF3.K/c8-7(9,10)6-4-2-1-3-5-6;/h6H,1-5H2;/q-1;+1. The SMILES string of the molecule is F[B-](F)(F)C1CCCCC1.[K+]. The summed E-state index contributed by atoms with van der Waals surface area (Å²) in [5.41, 5.74) is 0. The summed E-state index contributed by atoms with van der Waals surface area (Å²) in [6.45, 7) is -4.53. The Balaban J connectivity index is 0.000001000. The van der Waals surface area contributed by atoms with E-state index in [9.17, 15) is 12.9 Å². The van der Waals surface area contributed by atoms with Crippen molar-refractivity contribution in [3.8, 4) is 0 Å². The van der Waals surface area contributed by atoms with Gasteiger partial charge in [-0.3, -0.25) is 0 Å². The molecule has 0 atom stereocenters. The van der Waals surface area contributed by atoms with Gasteiger partial charge in [0.05, 0.1) is 0 Å². The van der Waals surface area contributed by atoms with Gasteiger partial charge in [0, 0.05) is 0 Å². The Morgan fingerprint density at radius 3 is 1.64 bits per heavy atom. The van der Waals surface area contributed by atoms with Gasteiger partial charge in [-0.05, 0) is 0 Å². The van der Waals surface area contributed by atoms with Gasteiger partial charge in [0.2, 0.25) is 0 Å². The first-order valence-electron chi connectivity index (χ1n) is 3.80. The maximum atomic E-state index is 12.0. The Bertz CT molecular complexity index is 109. The smallest absolute Gasteiger partial charge is 0.449 e. The fourth-order valence-corrected chi connectivity index (χ4v) is 1.51. The summed E-state index contributed by atoms with van der Waals surface area (Å²) in [5.74, 6) is -0.936. The number of rotatable bonds is 1. The molecule has 0 bridgehead atoms. The minimum atomic E-state index is -4.53. The Labute approximate surface area is 108 Å². The predicted molar refractivity (Wildman–Crippen MR) is 35.9 cm³/mol. The monoisotopic (exact) mass is 190 g/mol. The molecule has 1 aliphatic rings. The summed E-state index contributed by atoms with van der Waals surface area (Å²) in [5, 5.41) is 0. The molecule has 0 unspecified atom stereocenters. The van der Waals surface area contributed by atoms with E-state index in [2.05, 4.69) is 0 Å². The molecule has 0 amide bonds. The Morgan fingerprint density at radius 2 is 1.36 bits per heavy atom. The molecular weight excluding hydrogens is 179 g/mol. The average molecular weight is 190 g/mol. The average Bonchev–Trinajstić information content (AvgIpc) is 1.88. The third-order valence-corrected chi connectivity index (χ3v) is 2.18. The quantitative estimate of drug-likeness (QED) is 0.517. The van der Waals surface area contributed by atoms with E-state index >= 15 is 0 Å². The molecule has 0 spiro atoms. The molecule has 0 aromatic carbocycles. The second kappa shape index (κ2) is 5.27. The van der Waals surface area contributed by atoms with E-state index in [1.807, 2.05) is 0 Å². The van der Waals surface area contributed by atoms with Gasteiger partial charge in [-0.15, -0.1) is 0 Å². The first-order valence-corrected chi connectivity index (χ1v) is 3.80. The Kier molecular flexibility index (Phi) is 5.99. The van der Waals surface area contributed by atoms with E-state index in [0.717, 1.165) is 19.3 Å². The number of halogens is 3. The van der Waals surface area contributed by atoms with E-state index in [4.69, 9.17) is 0 Å². The largest absolute Gasteiger partial charge is 1.00 e. The van der Waals surface area contributed by atoms with E-state index in [1.54, 1.807) is 0 Å². The molecule has 11 heavy (non-hydrogen) atoms. The second-order valence-corrected chi connectivity index (χ2v) is 3.02. The van der Waals surface area contributed by atoms with Crippen LogP contribution in [0.1, 0.15) is 32.1 Å². The summed E-state index contributed by atoms with van der Waals surface area (Å²) in [6, 6.07) is 0. The number of hydrogen-bond acceptors (Lipinski definition) is 0. The van der Waals surface area contributed by atoms with E-state index in [-0.39, 0.29) is 51.4 Å². The van der Waals surface area contributed by atoms with Crippen LogP contribution in [0.4, 0.5) is 12.9 Å². The van der Waals surface area contributed by atoms with Crippen molar-refractivity contribution in [3.63, 3.8) is 0 Å². The maximum absolute atomic E-state index is 12.0. The van der Waals surface area contributed by atoms with Crippen LogP contribution < -0.4 is 51.4 Å². The molecule has 1 rings (SSSR count). The predicted octanol–water partition coefficient (Wildman–Crippen LogP) is 0.172. The van der Waals surface area contributed by atoms with E-state index < -0.39 is 12.8 Å². The van der Waals surface area contributed by atoms with Crippen LogP contribution in [0.2, 0.25) is 5.82 Å². The zero-order valence-electron chi connectivity index (χ0n) is 6.82. The van der Waals surface area contributed by atoms with Crippen molar-refractivity contribution < 1.29 is 64.3 Å². The molecule has 60 valence electrons. The van der Waals surface area contributed by atoms with Crippen LogP contribution in [0.15, 0.2) is 0 Å². The third kappa shape index (κ3) is 4.31. The zero-order chi connectivity index (χ0) is 7.61. The summed E-state index contributed by atoms with van der Waals surface area (Å²) >= 11 is 0. The number of hydrogen-bond donors (Lipinski definition) is 0. The van der Waals surface area contributed by atoms with E-state index in [1.165, 1.54) is 0 Å². The van der Waals surface area contributed by atoms with Crippen LogP contribution in [-0.4, -0.2) is 6.98 Å². The molecule has 0 heterocycles. The normalized spacial score (nSPS) is 21.0. The van der Waals surface area contributed by atoms with Crippen LogP contribution in [-0.2, 0) is 0 Å². The first kappa shape index (κ1) is 12.5. The molecule has 5 heteroatoms. The zero-order valence-corrected chi connectivity index (χ0v) is 9.95. The van der Waals surface area contributed by atoms with Gasteiger partial charge in [-0.2, -0.15) is 0 Å². The van der Waals surface area contributed by atoms with Crippen molar-refractivity contribution in [3.05, 3.63) is 0 Å². The van der Waals surface area contributed by atoms with E-state index in [0.29, 0.717) is 12.8 Å². The van der Waals surface area contributed by atoms with Crippen LogP contribution in [0.25, 0.3) is 0 Å². The first-order chi connectivity index (χ1) is 4.61. The van der Waals surface area contributed by atoms with Crippen LogP contribution >= 0.6 is 0 Å². The van der Waals surface area contributed by atoms with Gasteiger partial charge in [-0.1, -0.05) is 37.9 Å². The minimum Gasteiger partial charge on any atom is -0.449 e. The third-order valence-electron chi connectivity index (χ3n) is 2.18. The minimum absolute atomic E-state index is 0. The molecule has 1 aliphatic carbocycles. The van der Waals surface area contributed by atoms with Crippen molar-refractivity contribution in [2.75, 3.05) is 0 Å². The molecule has 1 saturated carbocycles. The molecule has 0 radical (unpaired) electrons. The maximum Gasteiger partial charge on any atom is 1.00 e. The molecule has 0 aromatic heterocycles. The molecule has 0 N–H and O–H groups in total. The fraction of sp³-hybridized carbons (Fsp3) is 1.00. The Hall–Kier alpha value is 1.49. The summed E-state index contributed by atoms with van der Waals surface area (Å²) < 4.78 is 36.0. The van der Waals surface area contributed by atoms with Crippen LogP contribution in [0.3, 0.4) is 0 Å².